The monoisotopic (exact) mass is 298 g/mol. The fourth-order valence-electron chi connectivity index (χ4n) is 3.37. The van der Waals surface area contributed by atoms with Crippen molar-refractivity contribution in [1.29, 1.82) is 0 Å². The van der Waals surface area contributed by atoms with Gasteiger partial charge in [-0.05, 0) is 60.0 Å². The Morgan fingerprint density at radius 1 is 0.909 bits per heavy atom. The summed E-state index contributed by atoms with van der Waals surface area (Å²) in [4.78, 5) is 0. The zero-order chi connectivity index (χ0) is 16.4. The van der Waals surface area contributed by atoms with Gasteiger partial charge in [-0.15, -0.1) is 0 Å². The molecule has 0 heteroatoms. The van der Waals surface area contributed by atoms with E-state index in [1.54, 1.807) is 5.57 Å². The zero-order valence-electron chi connectivity index (χ0n) is 15.5. The van der Waals surface area contributed by atoms with Gasteiger partial charge >= 0.3 is 0 Å². The van der Waals surface area contributed by atoms with Gasteiger partial charge in [0.2, 0.25) is 0 Å². The Bertz CT molecular complexity index is 502. The van der Waals surface area contributed by atoms with Gasteiger partial charge in [0.15, 0.2) is 0 Å². The van der Waals surface area contributed by atoms with Crippen LogP contribution in [-0.4, -0.2) is 0 Å². The van der Waals surface area contributed by atoms with Crippen molar-refractivity contribution >= 4 is 0 Å². The zero-order valence-corrected chi connectivity index (χ0v) is 15.5. The minimum Gasteiger partial charge on any atom is -0.0845 e. The van der Waals surface area contributed by atoms with Crippen molar-refractivity contribution in [3.8, 4) is 0 Å². The van der Waals surface area contributed by atoms with E-state index in [9.17, 15) is 0 Å². The Morgan fingerprint density at radius 3 is 2.00 bits per heavy atom. The molecule has 1 aliphatic carbocycles. The first kappa shape index (κ1) is 17.3. The summed E-state index contributed by atoms with van der Waals surface area (Å²) in [7, 11) is 0. The first-order valence-electron chi connectivity index (χ1n) is 8.95. The molecular formula is C22H34. The summed E-state index contributed by atoms with van der Waals surface area (Å²) in [6.07, 6.45) is 9.06. The van der Waals surface area contributed by atoms with Gasteiger partial charge in [0, 0.05) is 0 Å². The second-order valence-electron chi connectivity index (χ2n) is 9.11. The molecule has 0 bridgehead atoms. The average Bonchev–Trinajstić information content (AvgIpc) is 2.44. The van der Waals surface area contributed by atoms with E-state index in [0.29, 0.717) is 5.41 Å². The minimum atomic E-state index is 0.260. The lowest BCUT2D eigenvalue weighted by molar-refractivity contribution is 0.388. The van der Waals surface area contributed by atoms with E-state index in [0.717, 1.165) is 5.92 Å². The highest BCUT2D eigenvalue weighted by Gasteiger charge is 2.22. The van der Waals surface area contributed by atoms with Crippen LogP contribution in [0.25, 0.3) is 0 Å². The first-order chi connectivity index (χ1) is 10.2. The molecule has 1 aliphatic rings. The molecule has 0 nitrogen and oxygen atoms in total. The van der Waals surface area contributed by atoms with Crippen molar-refractivity contribution in [2.24, 2.45) is 11.3 Å². The Morgan fingerprint density at radius 2 is 1.55 bits per heavy atom. The van der Waals surface area contributed by atoms with Crippen LogP contribution in [-0.2, 0) is 11.8 Å². The normalized spacial score (nSPS) is 19.9. The number of aryl methyl sites for hydroxylation is 1. The summed E-state index contributed by atoms with van der Waals surface area (Å²) in [6.45, 7) is 13.9. The van der Waals surface area contributed by atoms with Gasteiger partial charge in [-0.3, -0.25) is 0 Å². The topological polar surface area (TPSA) is 0 Å². The number of hydrogen-bond donors (Lipinski definition) is 0. The standard InChI is InChI=1S/C22H34/c1-21(2,3)19-13-9-17(10-14-19)7-8-18-11-15-20(16-12-18)22(4,5)6/h9-10,13-15,18H,7-8,11-12,16H2,1-6H3. The van der Waals surface area contributed by atoms with Crippen LogP contribution < -0.4 is 0 Å². The van der Waals surface area contributed by atoms with Crippen LogP contribution in [0, 0.1) is 11.3 Å². The maximum absolute atomic E-state index is 2.52. The quantitative estimate of drug-likeness (QED) is 0.545. The third kappa shape index (κ3) is 4.73. The van der Waals surface area contributed by atoms with E-state index >= 15 is 0 Å². The molecule has 0 amide bonds. The fourth-order valence-corrected chi connectivity index (χ4v) is 3.37. The molecule has 0 aliphatic heterocycles. The molecule has 0 N–H and O–H groups in total. The van der Waals surface area contributed by atoms with E-state index in [1.165, 1.54) is 43.2 Å². The number of hydrogen-bond acceptors (Lipinski definition) is 0. The summed E-state index contributed by atoms with van der Waals surface area (Å²) in [6, 6.07) is 9.29. The molecule has 122 valence electrons. The number of rotatable bonds is 3. The summed E-state index contributed by atoms with van der Waals surface area (Å²) in [5.41, 5.74) is 5.23. The van der Waals surface area contributed by atoms with Crippen molar-refractivity contribution in [2.75, 3.05) is 0 Å². The van der Waals surface area contributed by atoms with Gasteiger partial charge in [0.25, 0.3) is 0 Å². The summed E-state index contributed by atoms with van der Waals surface area (Å²) in [5.74, 6) is 0.883. The minimum absolute atomic E-state index is 0.260. The van der Waals surface area contributed by atoms with E-state index in [-0.39, 0.29) is 5.41 Å². The molecule has 0 radical (unpaired) electrons. The highest BCUT2D eigenvalue weighted by Crippen LogP contribution is 2.36. The molecule has 0 saturated heterocycles. The van der Waals surface area contributed by atoms with Crippen LogP contribution in [0.3, 0.4) is 0 Å². The smallest absolute Gasteiger partial charge is 0.0132 e. The van der Waals surface area contributed by atoms with Gasteiger partial charge in [-0.2, -0.15) is 0 Å². The third-order valence-electron chi connectivity index (χ3n) is 5.14. The first-order valence-corrected chi connectivity index (χ1v) is 8.95. The Kier molecular flexibility index (Phi) is 5.20. The van der Waals surface area contributed by atoms with Crippen LogP contribution >= 0.6 is 0 Å². The van der Waals surface area contributed by atoms with Gasteiger partial charge in [0.1, 0.15) is 0 Å². The van der Waals surface area contributed by atoms with E-state index in [2.05, 4.69) is 71.9 Å². The average molecular weight is 299 g/mol. The van der Waals surface area contributed by atoms with Gasteiger partial charge in [0.05, 0.1) is 0 Å². The van der Waals surface area contributed by atoms with Crippen molar-refractivity contribution in [2.45, 2.75) is 79.1 Å². The SMILES string of the molecule is CC(C)(C)C1=CCC(CCc2ccc(C(C)(C)C)cc2)CC1. The summed E-state index contributed by atoms with van der Waals surface area (Å²) < 4.78 is 0. The van der Waals surface area contributed by atoms with E-state index in [4.69, 9.17) is 0 Å². The van der Waals surface area contributed by atoms with Crippen molar-refractivity contribution < 1.29 is 0 Å². The second-order valence-corrected chi connectivity index (χ2v) is 9.11. The largest absolute Gasteiger partial charge is 0.0845 e. The number of benzene rings is 1. The van der Waals surface area contributed by atoms with E-state index < -0.39 is 0 Å². The Balaban J connectivity index is 1.86. The van der Waals surface area contributed by atoms with Crippen molar-refractivity contribution in [1.82, 2.24) is 0 Å². The molecule has 1 unspecified atom stereocenters. The molecule has 0 fully saturated rings. The summed E-state index contributed by atoms with van der Waals surface area (Å²) >= 11 is 0. The molecule has 1 aromatic carbocycles. The Hall–Kier alpha value is -1.04. The molecule has 0 aromatic heterocycles. The van der Waals surface area contributed by atoms with Crippen LogP contribution in [0.15, 0.2) is 35.9 Å². The molecule has 1 aromatic rings. The third-order valence-corrected chi connectivity index (χ3v) is 5.14. The van der Waals surface area contributed by atoms with Crippen LogP contribution in [0.1, 0.15) is 78.4 Å². The van der Waals surface area contributed by atoms with E-state index in [1.807, 2.05) is 0 Å². The summed E-state index contributed by atoms with van der Waals surface area (Å²) in [5, 5.41) is 0. The molecule has 1 atom stereocenters. The predicted octanol–water partition coefficient (Wildman–Crippen LogP) is 6.69. The predicted molar refractivity (Wildman–Crippen MR) is 98.3 cm³/mol. The fraction of sp³-hybridized carbons (Fsp3) is 0.636. The molecule has 0 saturated carbocycles. The lowest BCUT2D eigenvalue weighted by atomic mass is 9.76. The maximum Gasteiger partial charge on any atom is -0.0132 e. The van der Waals surface area contributed by atoms with Gasteiger partial charge in [-0.25, -0.2) is 0 Å². The molecule has 0 heterocycles. The van der Waals surface area contributed by atoms with Crippen molar-refractivity contribution in [3.05, 3.63) is 47.0 Å². The maximum atomic E-state index is 2.52. The molecule has 2 rings (SSSR count). The van der Waals surface area contributed by atoms with Crippen LogP contribution in [0.2, 0.25) is 0 Å². The number of allylic oxidation sites excluding steroid dienone is 2. The lowest BCUT2D eigenvalue weighted by Gasteiger charge is -2.29. The Labute approximate surface area is 138 Å². The van der Waals surface area contributed by atoms with Crippen LogP contribution in [0.5, 0.6) is 0 Å². The van der Waals surface area contributed by atoms with Crippen molar-refractivity contribution in [3.63, 3.8) is 0 Å². The molecule has 0 spiro atoms. The highest BCUT2D eigenvalue weighted by molar-refractivity contribution is 5.27. The lowest BCUT2D eigenvalue weighted by Crippen LogP contribution is -2.16. The highest BCUT2D eigenvalue weighted by atomic mass is 14.3. The molecule has 22 heavy (non-hydrogen) atoms. The van der Waals surface area contributed by atoms with Gasteiger partial charge in [-0.1, -0.05) is 77.5 Å². The van der Waals surface area contributed by atoms with Gasteiger partial charge < -0.3 is 0 Å². The molecular weight excluding hydrogens is 264 g/mol. The second kappa shape index (κ2) is 6.60. The van der Waals surface area contributed by atoms with Crippen LogP contribution in [0.4, 0.5) is 0 Å².